The third kappa shape index (κ3) is 0.832. The summed E-state index contributed by atoms with van der Waals surface area (Å²) >= 11 is 0. The molecule has 0 radical (unpaired) electrons. The van der Waals surface area contributed by atoms with Crippen LogP contribution in [0.5, 0.6) is 5.88 Å². The van der Waals surface area contributed by atoms with Crippen molar-refractivity contribution >= 4 is 5.52 Å². The molecule has 4 heteroatoms. The zero-order valence-electron chi connectivity index (χ0n) is 6.06. The second-order valence-corrected chi connectivity index (χ2v) is 2.12. The molecule has 2 aromatic rings. The van der Waals surface area contributed by atoms with E-state index in [1.54, 1.807) is 25.8 Å². The Morgan fingerprint density at radius 2 is 2.45 bits per heavy atom. The van der Waals surface area contributed by atoms with Crippen LogP contribution in [0.3, 0.4) is 0 Å². The maximum absolute atomic E-state index is 5.00. The van der Waals surface area contributed by atoms with Crippen molar-refractivity contribution in [3.8, 4) is 5.88 Å². The van der Waals surface area contributed by atoms with Gasteiger partial charge in [-0.1, -0.05) is 0 Å². The molecule has 11 heavy (non-hydrogen) atoms. The molecule has 0 N–H and O–H groups in total. The van der Waals surface area contributed by atoms with Crippen molar-refractivity contribution in [1.29, 1.82) is 0 Å². The Kier molecular flexibility index (Phi) is 1.25. The molecular formula is C7H7N3O. The molecule has 0 amide bonds. The lowest BCUT2D eigenvalue weighted by Crippen LogP contribution is -1.85. The van der Waals surface area contributed by atoms with Gasteiger partial charge in [-0.15, -0.1) is 0 Å². The average Bonchev–Trinajstić information content (AvgIpc) is 2.47. The molecule has 0 fully saturated rings. The van der Waals surface area contributed by atoms with Gasteiger partial charge < -0.3 is 4.74 Å². The topological polar surface area (TPSA) is 39.4 Å². The van der Waals surface area contributed by atoms with Crippen LogP contribution in [0, 0.1) is 0 Å². The summed E-state index contributed by atoms with van der Waals surface area (Å²) in [6.07, 6.45) is 6.93. The fraction of sp³-hybridized carbons (Fsp3) is 0.143. The molecule has 2 aromatic heterocycles. The maximum Gasteiger partial charge on any atom is 0.241 e. The van der Waals surface area contributed by atoms with Gasteiger partial charge in [0.15, 0.2) is 0 Å². The SMILES string of the molecule is COc1ncn2ccncc12. The van der Waals surface area contributed by atoms with E-state index in [1.807, 2.05) is 10.6 Å². The summed E-state index contributed by atoms with van der Waals surface area (Å²) in [5, 5.41) is 0. The van der Waals surface area contributed by atoms with E-state index in [0.29, 0.717) is 5.88 Å². The van der Waals surface area contributed by atoms with Crippen molar-refractivity contribution in [1.82, 2.24) is 14.4 Å². The molecule has 0 atom stereocenters. The number of rotatable bonds is 1. The molecular weight excluding hydrogens is 142 g/mol. The molecule has 0 aliphatic rings. The van der Waals surface area contributed by atoms with Crippen LogP contribution in [0.4, 0.5) is 0 Å². The highest BCUT2D eigenvalue weighted by Gasteiger charge is 2.01. The van der Waals surface area contributed by atoms with Gasteiger partial charge in [0.05, 0.1) is 13.3 Å². The minimum Gasteiger partial charge on any atom is -0.479 e. The number of hydrogen-bond donors (Lipinski definition) is 0. The number of methoxy groups -OCH3 is 1. The summed E-state index contributed by atoms with van der Waals surface area (Å²) in [7, 11) is 1.59. The predicted octanol–water partition coefficient (Wildman–Crippen LogP) is 0.738. The van der Waals surface area contributed by atoms with Gasteiger partial charge in [-0.3, -0.25) is 9.38 Å². The van der Waals surface area contributed by atoms with Crippen LogP contribution in [0.15, 0.2) is 24.9 Å². The smallest absolute Gasteiger partial charge is 0.241 e. The monoisotopic (exact) mass is 149 g/mol. The van der Waals surface area contributed by atoms with Crippen LogP contribution in [0.25, 0.3) is 5.52 Å². The lowest BCUT2D eigenvalue weighted by atomic mass is 10.5. The molecule has 0 aliphatic heterocycles. The molecule has 0 bridgehead atoms. The summed E-state index contributed by atoms with van der Waals surface area (Å²) in [5.74, 6) is 0.609. The fourth-order valence-corrected chi connectivity index (χ4v) is 0.975. The molecule has 4 nitrogen and oxygen atoms in total. The van der Waals surface area contributed by atoms with Gasteiger partial charge in [-0.25, -0.2) is 4.98 Å². The van der Waals surface area contributed by atoms with Gasteiger partial charge in [-0.05, 0) is 0 Å². The van der Waals surface area contributed by atoms with E-state index in [4.69, 9.17) is 4.74 Å². The predicted molar refractivity (Wildman–Crippen MR) is 39.5 cm³/mol. The molecule has 56 valence electrons. The zero-order chi connectivity index (χ0) is 7.68. The van der Waals surface area contributed by atoms with Crippen molar-refractivity contribution in [2.75, 3.05) is 7.11 Å². The van der Waals surface area contributed by atoms with Crippen LogP contribution in [-0.2, 0) is 0 Å². The number of fused-ring (bicyclic) bond motifs is 1. The lowest BCUT2D eigenvalue weighted by molar-refractivity contribution is 0.405. The van der Waals surface area contributed by atoms with Gasteiger partial charge >= 0.3 is 0 Å². The Morgan fingerprint density at radius 1 is 1.55 bits per heavy atom. The van der Waals surface area contributed by atoms with E-state index in [2.05, 4.69) is 9.97 Å². The third-order valence-corrected chi connectivity index (χ3v) is 1.50. The van der Waals surface area contributed by atoms with E-state index in [-0.39, 0.29) is 0 Å². The van der Waals surface area contributed by atoms with E-state index < -0.39 is 0 Å². The van der Waals surface area contributed by atoms with Gasteiger partial charge in [0.2, 0.25) is 5.88 Å². The van der Waals surface area contributed by atoms with Gasteiger partial charge in [0.25, 0.3) is 0 Å². The summed E-state index contributed by atoms with van der Waals surface area (Å²) in [6.45, 7) is 0. The fourth-order valence-electron chi connectivity index (χ4n) is 0.975. The molecule has 2 rings (SSSR count). The Bertz CT molecular complexity index is 368. The van der Waals surface area contributed by atoms with Crippen molar-refractivity contribution < 1.29 is 4.74 Å². The largest absolute Gasteiger partial charge is 0.479 e. The molecule has 0 unspecified atom stereocenters. The van der Waals surface area contributed by atoms with E-state index in [1.165, 1.54) is 0 Å². The minimum absolute atomic E-state index is 0.609. The first-order valence-electron chi connectivity index (χ1n) is 3.22. The van der Waals surface area contributed by atoms with Gasteiger partial charge in [0.1, 0.15) is 11.8 Å². The van der Waals surface area contributed by atoms with Crippen LogP contribution in [-0.4, -0.2) is 21.5 Å². The van der Waals surface area contributed by atoms with Crippen molar-refractivity contribution in [2.24, 2.45) is 0 Å². The zero-order valence-corrected chi connectivity index (χ0v) is 6.06. The van der Waals surface area contributed by atoms with Crippen LogP contribution < -0.4 is 4.74 Å². The number of ether oxygens (including phenoxy) is 1. The highest BCUT2D eigenvalue weighted by Crippen LogP contribution is 2.14. The van der Waals surface area contributed by atoms with Crippen molar-refractivity contribution in [3.63, 3.8) is 0 Å². The van der Waals surface area contributed by atoms with Crippen molar-refractivity contribution in [3.05, 3.63) is 24.9 Å². The number of hydrogen-bond acceptors (Lipinski definition) is 3. The molecule has 0 spiro atoms. The van der Waals surface area contributed by atoms with E-state index >= 15 is 0 Å². The molecule has 0 aromatic carbocycles. The molecule has 2 heterocycles. The second kappa shape index (κ2) is 2.23. The Balaban J connectivity index is 2.76. The Morgan fingerprint density at radius 3 is 3.27 bits per heavy atom. The first-order valence-corrected chi connectivity index (χ1v) is 3.22. The number of nitrogens with zero attached hydrogens (tertiary/aromatic N) is 3. The minimum atomic E-state index is 0.609. The molecule has 0 saturated heterocycles. The number of imidazole rings is 1. The molecule has 0 saturated carbocycles. The van der Waals surface area contributed by atoms with Crippen LogP contribution in [0.1, 0.15) is 0 Å². The number of aromatic nitrogens is 3. The maximum atomic E-state index is 5.00. The Hall–Kier alpha value is -1.58. The quantitative estimate of drug-likeness (QED) is 0.600. The van der Waals surface area contributed by atoms with Gasteiger partial charge in [0, 0.05) is 12.4 Å². The molecule has 0 aliphatic carbocycles. The first-order chi connectivity index (χ1) is 5.42. The average molecular weight is 149 g/mol. The van der Waals surface area contributed by atoms with Crippen LogP contribution >= 0.6 is 0 Å². The summed E-state index contributed by atoms with van der Waals surface area (Å²) in [6, 6.07) is 0. The summed E-state index contributed by atoms with van der Waals surface area (Å²) < 4.78 is 6.85. The normalized spacial score (nSPS) is 10.3. The summed E-state index contributed by atoms with van der Waals surface area (Å²) in [4.78, 5) is 7.97. The standard InChI is InChI=1S/C7H7N3O/c1-11-7-6-4-8-2-3-10(6)5-9-7/h2-5H,1H3. The van der Waals surface area contributed by atoms with Crippen LogP contribution in [0.2, 0.25) is 0 Å². The van der Waals surface area contributed by atoms with E-state index in [0.717, 1.165) is 5.52 Å². The van der Waals surface area contributed by atoms with E-state index in [9.17, 15) is 0 Å². The summed E-state index contributed by atoms with van der Waals surface area (Å²) in [5.41, 5.74) is 0.884. The second-order valence-electron chi connectivity index (χ2n) is 2.12. The van der Waals surface area contributed by atoms with Gasteiger partial charge in [-0.2, -0.15) is 0 Å². The third-order valence-electron chi connectivity index (χ3n) is 1.50. The highest BCUT2D eigenvalue weighted by molar-refractivity contribution is 5.54. The Labute approximate surface area is 63.5 Å². The van der Waals surface area contributed by atoms with Crippen molar-refractivity contribution in [2.45, 2.75) is 0 Å². The highest BCUT2D eigenvalue weighted by atomic mass is 16.5. The lowest BCUT2D eigenvalue weighted by Gasteiger charge is -1.93. The first kappa shape index (κ1) is 6.15.